The van der Waals surface area contributed by atoms with Crippen LogP contribution in [0.25, 0.3) is 0 Å². The summed E-state index contributed by atoms with van der Waals surface area (Å²) in [6, 6.07) is 6.62. The van der Waals surface area contributed by atoms with Crippen LogP contribution in [0, 0.1) is 17.2 Å². The molecule has 0 aliphatic heterocycles. The minimum Gasteiger partial charge on any atom is -0.303 e. The first-order valence-electron chi connectivity index (χ1n) is 5.14. The highest BCUT2D eigenvalue weighted by Gasteiger charge is 2.24. The third-order valence-corrected chi connectivity index (χ3v) is 2.67. The van der Waals surface area contributed by atoms with Crippen molar-refractivity contribution >= 4 is 6.29 Å². The van der Waals surface area contributed by atoms with Gasteiger partial charge >= 0.3 is 0 Å². The Morgan fingerprint density at radius 1 is 1.33 bits per heavy atom. The molecule has 0 bridgehead atoms. The summed E-state index contributed by atoms with van der Waals surface area (Å²) in [6.45, 7) is 5.98. The number of halogens is 1. The van der Waals surface area contributed by atoms with Crippen LogP contribution in [0.2, 0.25) is 0 Å². The number of benzene rings is 1. The molecule has 0 aliphatic carbocycles. The van der Waals surface area contributed by atoms with Gasteiger partial charge < -0.3 is 4.79 Å². The van der Waals surface area contributed by atoms with Crippen LogP contribution in [0.15, 0.2) is 24.3 Å². The van der Waals surface area contributed by atoms with E-state index in [0.717, 1.165) is 6.29 Å². The summed E-state index contributed by atoms with van der Waals surface area (Å²) in [6.07, 6.45) is 1.39. The Hall–Kier alpha value is -1.18. The normalized spacial score (nSPS) is 13.6. The highest BCUT2D eigenvalue weighted by molar-refractivity contribution is 5.55. The zero-order valence-corrected chi connectivity index (χ0v) is 9.46. The van der Waals surface area contributed by atoms with Crippen LogP contribution >= 0.6 is 0 Å². The molecule has 0 heterocycles. The minimum atomic E-state index is -0.228. The number of carbonyl (C=O) groups excluding carboxylic acids is 1. The molecular weight excluding hydrogens is 191 g/mol. The molecule has 0 aliphatic rings. The van der Waals surface area contributed by atoms with Crippen molar-refractivity contribution in [3.63, 3.8) is 0 Å². The zero-order chi connectivity index (χ0) is 11.5. The molecule has 0 N–H and O–H groups in total. The molecule has 15 heavy (non-hydrogen) atoms. The van der Waals surface area contributed by atoms with E-state index < -0.39 is 0 Å². The Kier molecular flexibility index (Phi) is 3.61. The van der Waals surface area contributed by atoms with Crippen molar-refractivity contribution in [1.29, 1.82) is 0 Å². The van der Waals surface area contributed by atoms with E-state index in [1.54, 1.807) is 18.2 Å². The van der Waals surface area contributed by atoms with E-state index in [1.165, 1.54) is 6.07 Å². The molecule has 0 aromatic heterocycles. The molecule has 0 saturated heterocycles. The van der Waals surface area contributed by atoms with E-state index in [4.69, 9.17) is 0 Å². The third kappa shape index (κ3) is 3.15. The van der Waals surface area contributed by atoms with Gasteiger partial charge in [0.2, 0.25) is 0 Å². The second kappa shape index (κ2) is 4.56. The summed E-state index contributed by atoms with van der Waals surface area (Å²) < 4.78 is 13.4. The molecule has 2 heteroatoms. The van der Waals surface area contributed by atoms with Crippen molar-refractivity contribution in [2.45, 2.75) is 27.2 Å². The molecule has 0 fully saturated rings. The first kappa shape index (κ1) is 11.9. The number of carbonyl (C=O) groups is 1. The van der Waals surface area contributed by atoms with Crippen LogP contribution in [-0.2, 0) is 11.2 Å². The Bertz CT molecular complexity index is 339. The molecule has 0 amide bonds. The summed E-state index contributed by atoms with van der Waals surface area (Å²) in [5, 5.41) is 0. The van der Waals surface area contributed by atoms with Crippen LogP contribution in [0.4, 0.5) is 4.39 Å². The van der Waals surface area contributed by atoms with Crippen LogP contribution in [-0.4, -0.2) is 6.29 Å². The number of rotatable bonds is 3. The van der Waals surface area contributed by atoms with E-state index in [9.17, 15) is 9.18 Å². The average Bonchev–Trinajstić information content (AvgIpc) is 2.14. The lowest BCUT2D eigenvalue weighted by atomic mass is 9.78. The molecular formula is C13H17FO. The van der Waals surface area contributed by atoms with Crippen LogP contribution in [0.5, 0.6) is 0 Å². The van der Waals surface area contributed by atoms with Crippen molar-refractivity contribution in [2.24, 2.45) is 11.3 Å². The maximum Gasteiger partial charge on any atom is 0.126 e. The lowest BCUT2D eigenvalue weighted by Gasteiger charge is -2.26. The smallest absolute Gasteiger partial charge is 0.126 e. The number of hydrogen-bond donors (Lipinski definition) is 0. The third-order valence-electron chi connectivity index (χ3n) is 2.67. The monoisotopic (exact) mass is 208 g/mol. The van der Waals surface area contributed by atoms with Crippen LogP contribution in [0.3, 0.4) is 0 Å². The summed E-state index contributed by atoms with van der Waals surface area (Å²) in [5.41, 5.74) is 0.494. The fraction of sp³-hybridized carbons (Fsp3) is 0.462. The van der Waals surface area contributed by atoms with Crippen molar-refractivity contribution in [2.75, 3.05) is 0 Å². The molecule has 1 atom stereocenters. The summed E-state index contributed by atoms with van der Waals surface area (Å²) in [4.78, 5) is 10.9. The van der Waals surface area contributed by atoms with Gasteiger partial charge in [-0.3, -0.25) is 0 Å². The van der Waals surface area contributed by atoms with Gasteiger partial charge in [0.25, 0.3) is 0 Å². The van der Waals surface area contributed by atoms with E-state index in [0.29, 0.717) is 12.0 Å². The summed E-state index contributed by atoms with van der Waals surface area (Å²) in [7, 11) is 0. The quantitative estimate of drug-likeness (QED) is 0.697. The second-order valence-electron chi connectivity index (χ2n) is 4.90. The summed E-state index contributed by atoms with van der Waals surface area (Å²) in [5.74, 6) is -0.372. The van der Waals surface area contributed by atoms with Crippen molar-refractivity contribution < 1.29 is 9.18 Å². The SMILES string of the molecule is CC(C)(C)C(C=O)Cc1ccccc1F. The maximum atomic E-state index is 13.4. The topological polar surface area (TPSA) is 17.1 Å². The Morgan fingerprint density at radius 2 is 1.93 bits per heavy atom. The number of hydrogen-bond acceptors (Lipinski definition) is 1. The van der Waals surface area contributed by atoms with Gasteiger partial charge in [0, 0.05) is 5.92 Å². The molecule has 0 radical (unpaired) electrons. The lowest BCUT2D eigenvalue weighted by molar-refractivity contribution is -0.113. The molecule has 1 aromatic rings. The predicted molar refractivity (Wildman–Crippen MR) is 59.1 cm³/mol. The van der Waals surface area contributed by atoms with E-state index in [1.807, 2.05) is 20.8 Å². The van der Waals surface area contributed by atoms with Crippen LogP contribution < -0.4 is 0 Å². The highest BCUT2D eigenvalue weighted by Crippen LogP contribution is 2.27. The molecule has 1 aromatic carbocycles. The van der Waals surface area contributed by atoms with Gasteiger partial charge in [-0.15, -0.1) is 0 Å². The largest absolute Gasteiger partial charge is 0.303 e. The van der Waals surface area contributed by atoms with Gasteiger partial charge in [0.15, 0.2) is 0 Å². The summed E-state index contributed by atoms with van der Waals surface area (Å²) >= 11 is 0. The minimum absolute atomic E-state index is 0.121. The maximum absolute atomic E-state index is 13.4. The fourth-order valence-corrected chi connectivity index (χ4v) is 1.46. The van der Waals surface area contributed by atoms with Gasteiger partial charge in [-0.05, 0) is 23.5 Å². The second-order valence-corrected chi connectivity index (χ2v) is 4.90. The molecule has 0 spiro atoms. The van der Waals surface area contributed by atoms with Crippen LogP contribution in [0.1, 0.15) is 26.3 Å². The number of aldehydes is 1. The molecule has 1 rings (SSSR count). The molecule has 82 valence electrons. The van der Waals surface area contributed by atoms with E-state index in [2.05, 4.69) is 0 Å². The first-order valence-corrected chi connectivity index (χ1v) is 5.14. The molecule has 1 nitrogen and oxygen atoms in total. The van der Waals surface area contributed by atoms with Gasteiger partial charge in [0.1, 0.15) is 12.1 Å². The Labute approximate surface area is 90.3 Å². The predicted octanol–water partition coefficient (Wildman–Crippen LogP) is 3.23. The van der Waals surface area contributed by atoms with Gasteiger partial charge in [-0.2, -0.15) is 0 Å². The lowest BCUT2D eigenvalue weighted by Crippen LogP contribution is -2.24. The van der Waals surface area contributed by atoms with Crippen molar-refractivity contribution in [3.8, 4) is 0 Å². The Morgan fingerprint density at radius 3 is 2.40 bits per heavy atom. The fourth-order valence-electron chi connectivity index (χ4n) is 1.46. The molecule has 1 unspecified atom stereocenters. The van der Waals surface area contributed by atoms with E-state index in [-0.39, 0.29) is 17.2 Å². The highest BCUT2D eigenvalue weighted by atomic mass is 19.1. The Balaban J connectivity index is 2.85. The van der Waals surface area contributed by atoms with Crippen molar-refractivity contribution in [1.82, 2.24) is 0 Å². The standard InChI is InChI=1S/C13H17FO/c1-13(2,3)11(9-15)8-10-6-4-5-7-12(10)14/h4-7,9,11H,8H2,1-3H3. The zero-order valence-electron chi connectivity index (χ0n) is 9.46. The average molecular weight is 208 g/mol. The van der Waals surface area contributed by atoms with Gasteiger partial charge in [-0.1, -0.05) is 39.0 Å². The van der Waals surface area contributed by atoms with Gasteiger partial charge in [0.05, 0.1) is 0 Å². The van der Waals surface area contributed by atoms with Crippen molar-refractivity contribution in [3.05, 3.63) is 35.6 Å². The van der Waals surface area contributed by atoms with Gasteiger partial charge in [-0.25, -0.2) is 4.39 Å². The first-order chi connectivity index (χ1) is 6.95. The molecule has 0 saturated carbocycles. The van der Waals surface area contributed by atoms with E-state index >= 15 is 0 Å².